The van der Waals surface area contributed by atoms with Crippen LogP contribution in [0.2, 0.25) is 0 Å². The number of anilines is 2. The zero-order valence-corrected chi connectivity index (χ0v) is 32.0. The number of hydrogen-bond donors (Lipinski definition) is 3. The molecule has 1 aliphatic heterocycles. The smallest absolute Gasteiger partial charge is 0.280 e. The Labute approximate surface area is 320 Å². The molecule has 1 aromatic carbocycles. The summed E-state index contributed by atoms with van der Waals surface area (Å²) in [7, 11) is 3.61. The summed E-state index contributed by atoms with van der Waals surface area (Å²) in [6, 6.07) is 10.6. The minimum Gasteiger partial charge on any atom is -0.490 e. The van der Waals surface area contributed by atoms with E-state index in [1.807, 2.05) is 36.6 Å². The summed E-state index contributed by atoms with van der Waals surface area (Å²) < 4.78 is 48.5. The van der Waals surface area contributed by atoms with E-state index in [9.17, 15) is 27.6 Å². The van der Waals surface area contributed by atoms with E-state index >= 15 is 0 Å². The zero-order valence-electron chi connectivity index (χ0n) is 32.0. The van der Waals surface area contributed by atoms with Gasteiger partial charge in [0.1, 0.15) is 41.1 Å². The van der Waals surface area contributed by atoms with E-state index in [1.165, 1.54) is 44.5 Å². The maximum absolute atomic E-state index is 14.9. The van der Waals surface area contributed by atoms with Gasteiger partial charge in [0.05, 0.1) is 23.0 Å². The zero-order chi connectivity index (χ0) is 39.5. The minimum atomic E-state index is -2.71. The average Bonchev–Trinajstić information content (AvgIpc) is 3.60. The Kier molecular flexibility index (Phi) is 14.6. The van der Waals surface area contributed by atoms with Crippen LogP contribution in [0.3, 0.4) is 0 Å². The topological polar surface area (TPSA) is 130 Å². The number of nitrogens with one attached hydrogen (secondary N) is 3. The Morgan fingerprint density at radius 2 is 1.71 bits per heavy atom. The fourth-order valence-corrected chi connectivity index (χ4v) is 7.14. The molecule has 3 aromatic heterocycles. The van der Waals surface area contributed by atoms with Crippen molar-refractivity contribution in [2.24, 2.45) is 0 Å². The number of ether oxygens (including phenoxy) is 1. The average molecular weight is 764 g/mol. The van der Waals surface area contributed by atoms with Crippen molar-refractivity contribution in [3.8, 4) is 5.75 Å². The van der Waals surface area contributed by atoms with Crippen molar-refractivity contribution < 1.29 is 32.3 Å². The number of piperidine rings is 1. The predicted octanol–water partition coefficient (Wildman–Crippen LogP) is 7.89. The molecule has 2 amide bonds. The Hall–Kier alpha value is -4.98. The summed E-state index contributed by atoms with van der Waals surface area (Å²) in [6.45, 7) is 5.67. The van der Waals surface area contributed by atoms with Crippen molar-refractivity contribution in [2.75, 3.05) is 37.8 Å². The van der Waals surface area contributed by atoms with Gasteiger partial charge in [0.25, 0.3) is 12.3 Å². The molecule has 4 aromatic rings. The number of nitrogens with zero attached hydrogens (tertiary/aromatic N) is 4. The van der Waals surface area contributed by atoms with Gasteiger partial charge in [0.2, 0.25) is 5.91 Å². The van der Waals surface area contributed by atoms with Crippen LogP contribution in [0, 0.1) is 5.82 Å². The van der Waals surface area contributed by atoms with E-state index in [0.717, 1.165) is 50.8 Å². The third-order valence-corrected chi connectivity index (χ3v) is 10.1. The van der Waals surface area contributed by atoms with E-state index in [2.05, 4.69) is 32.9 Å². The van der Waals surface area contributed by atoms with Gasteiger partial charge < -0.3 is 34.8 Å². The molecule has 55 heavy (non-hydrogen) atoms. The molecular weight excluding hydrogens is 711 g/mol. The van der Waals surface area contributed by atoms with Gasteiger partial charge in [-0.15, -0.1) is 0 Å². The van der Waals surface area contributed by atoms with Crippen LogP contribution in [0.4, 0.5) is 24.7 Å². The van der Waals surface area contributed by atoms with Crippen LogP contribution in [0.5, 0.6) is 5.75 Å². The number of hydrogen-bond acceptors (Lipinski definition) is 8. The van der Waals surface area contributed by atoms with Gasteiger partial charge in [-0.2, -0.15) is 0 Å². The maximum atomic E-state index is 14.9. The fraction of sp³-hybridized carbons (Fsp3) is 0.488. The number of carbonyl (C=O) groups is 3. The third-order valence-electron chi connectivity index (χ3n) is 10.1. The molecule has 296 valence electrons. The molecule has 1 saturated heterocycles. The fourth-order valence-electron chi connectivity index (χ4n) is 7.14. The van der Waals surface area contributed by atoms with Crippen LogP contribution in [0.1, 0.15) is 117 Å². The van der Waals surface area contributed by atoms with Crippen molar-refractivity contribution in [1.29, 1.82) is 0 Å². The quantitative estimate of drug-likeness (QED) is 0.117. The van der Waals surface area contributed by atoms with Crippen LogP contribution >= 0.6 is 0 Å². The van der Waals surface area contributed by atoms with Crippen LogP contribution < -0.4 is 20.7 Å². The number of rotatable bonds is 13. The predicted molar refractivity (Wildman–Crippen MR) is 207 cm³/mol. The number of carbonyl (C=O) groups excluding carboxylic acids is 3. The lowest BCUT2D eigenvalue weighted by atomic mass is 9.87. The summed E-state index contributed by atoms with van der Waals surface area (Å²) in [4.78, 5) is 46.4. The molecule has 1 unspecified atom stereocenters. The number of alkyl halides is 2. The molecular formula is C41H52F3N7O4. The summed E-state index contributed by atoms with van der Waals surface area (Å²) in [6.07, 6.45) is 9.93. The summed E-state index contributed by atoms with van der Waals surface area (Å²) >= 11 is 0. The van der Waals surface area contributed by atoms with Crippen molar-refractivity contribution >= 4 is 35.3 Å². The Bertz CT molecular complexity index is 1910. The van der Waals surface area contributed by atoms with Gasteiger partial charge in [0.15, 0.2) is 0 Å². The number of likely N-dealkylation sites (N-methyl/N-ethyl adjacent to an activating group) is 1. The second-order valence-corrected chi connectivity index (χ2v) is 14.5. The first-order chi connectivity index (χ1) is 26.5. The molecule has 0 bridgehead atoms. The summed E-state index contributed by atoms with van der Waals surface area (Å²) in [5.74, 6) is 0.0770. The third kappa shape index (κ3) is 11.1. The highest BCUT2D eigenvalue weighted by Crippen LogP contribution is 2.34. The summed E-state index contributed by atoms with van der Waals surface area (Å²) in [5.41, 5.74) is 2.67. The first-order valence-corrected chi connectivity index (χ1v) is 19.1. The first kappa shape index (κ1) is 41.2. The lowest BCUT2D eigenvalue weighted by Crippen LogP contribution is -2.38. The molecule has 4 heterocycles. The lowest BCUT2D eigenvalue weighted by molar-refractivity contribution is -0.121. The van der Waals surface area contributed by atoms with Crippen molar-refractivity contribution in [1.82, 2.24) is 24.6 Å². The number of likely N-dealkylation sites (tertiary alicyclic amines) is 1. The number of halogens is 3. The molecule has 1 saturated carbocycles. The monoisotopic (exact) mass is 763 g/mol. The Morgan fingerprint density at radius 3 is 2.38 bits per heavy atom. The van der Waals surface area contributed by atoms with Crippen molar-refractivity contribution in [3.63, 3.8) is 0 Å². The molecule has 0 radical (unpaired) electrons. The van der Waals surface area contributed by atoms with E-state index in [0.29, 0.717) is 35.0 Å². The summed E-state index contributed by atoms with van der Waals surface area (Å²) in [5, 5.41) is 8.12. The Morgan fingerprint density at radius 1 is 0.982 bits per heavy atom. The van der Waals surface area contributed by atoms with Gasteiger partial charge in [-0.25, -0.2) is 23.1 Å². The van der Waals surface area contributed by atoms with E-state index in [4.69, 9.17) is 9.72 Å². The number of fused-ring (bicyclic) bond motifs is 1. The lowest BCUT2D eigenvalue weighted by Gasteiger charge is -2.30. The standard InChI is InChI=1S/C23H26F2N4O2.C18H26FN3O2/c1-14(2)31-19-11-21-27-18(15-7-4-3-5-8-15)13-29(21)12-16(19)23(30)28-20-10-6-9-17(26-20)22(24)25;1-20-18(24)16(7-4-12-23)21-15-6-3-5-14(17(15)19)13-8-10-22(2)11-9-13/h6,9-15,22H,3-5,7-8H2,1-2H3,(H,26,28,30);3,5-6,12-13,16,21H,4,7-11H2,1-2H3,(H,20,24). The highest BCUT2D eigenvalue weighted by Gasteiger charge is 2.25. The number of amides is 2. The maximum Gasteiger partial charge on any atom is 0.280 e. The minimum absolute atomic E-state index is 0.0620. The molecule has 1 atom stereocenters. The number of imidazole rings is 1. The van der Waals surface area contributed by atoms with Crippen LogP contribution in [0.25, 0.3) is 5.65 Å². The van der Waals surface area contributed by atoms with Crippen LogP contribution in [-0.2, 0) is 9.59 Å². The SMILES string of the molecule is CC(C)Oc1cc2nc(C3CCCCC3)cn2cc1C(=O)Nc1cccc(C(F)F)n1.CNC(=O)C(CCC=O)Nc1cccc(C2CCN(C)CC2)c1F. The number of benzene rings is 1. The van der Waals surface area contributed by atoms with Gasteiger partial charge in [0, 0.05) is 37.8 Å². The van der Waals surface area contributed by atoms with Gasteiger partial charge >= 0.3 is 0 Å². The molecule has 2 fully saturated rings. The molecule has 14 heteroatoms. The largest absolute Gasteiger partial charge is 0.490 e. The van der Waals surface area contributed by atoms with Gasteiger partial charge in [-0.1, -0.05) is 37.5 Å². The number of aromatic nitrogens is 3. The number of pyridine rings is 2. The second kappa shape index (κ2) is 19.6. The molecule has 2 aliphatic rings. The van der Waals surface area contributed by atoms with Crippen LogP contribution in [0.15, 0.2) is 54.9 Å². The molecule has 6 rings (SSSR count). The van der Waals surface area contributed by atoms with Crippen molar-refractivity contribution in [2.45, 2.75) is 102 Å². The molecule has 0 spiro atoms. The van der Waals surface area contributed by atoms with Gasteiger partial charge in [-0.05, 0) is 95.8 Å². The first-order valence-electron chi connectivity index (χ1n) is 19.1. The van der Waals surface area contributed by atoms with Crippen LogP contribution in [-0.4, -0.2) is 76.7 Å². The van der Waals surface area contributed by atoms with E-state index in [-0.39, 0.29) is 41.5 Å². The second-order valence-electron chi connectivity index (χ2n) is 14.5. The van der Waals surface area contributed by atoms with E-state index < -0.39 is 24.1 Å². The normalized spacial score (nSPS) is 16.0. The van der Waals surface area contributed by atoms with Crippen molar-refractivity contribution in [3.05, 3.63) is 83.2 Å². The highest BCUT2D eigenvalue weighted by atomic mass is 19.3. The highest BCUT2D eigenvalue weighted by molar-refractivity contribution is 6.05. The van der Waals surface area contributed by atoms with E-state index in [1.54, 1.807) is 18.3 Å². The molecule has 3 N–H and O–H groups in total. The molecule has 11 nitrogen and oxygen atoms in total. The number of aldehydes is 1. The molecule has 1 aliphatic carbocycles. The Balaban J connectivity index is 0.000000219. The van der Waals surface area contributed by atoms with Gasteiger partial charge in [-0.3, -0.25) is 9.59 Å².